The van der Waals surface area contributed by atoms with Crippen LogP contribution in [0.3, 0.4) is 0 Å². The van der Waals surface area contributed by atoms with Crippen molar-refractivity contribution in [2.45, 2.75) is 57.4 Å². The van der Waals surface area contributed by atoms with Crippen molar-refractivity contribution in [2.24, 2.45) is 11.7 Å². The molecule has 19 heavy (non-hydrogen) atoms. The number of nitrogens with two attached hydrogens (primary N) is 1. The van der Waals surface area contributed by atoms with E-state index in [1.807, 2.05) is 0 Å². The second-order valence-electron chi connectivity index (χ2n) is 5.30. The number of aromatic nitrogens is 2. The van der Waals surface area contributed by atoms with Gasteiger partial charge in [-0.3, -0.25) is 4.79 Å². The molecule has 0 aromatic carbocycles. The van der Waals surface area contributed by atoms with Crippen LogP contribution in [-0.2, 0) is 11.2 Å². The number of carbonyl (C=O) groups is 1. The lowest BCUT2D eigenvalue weighted by Crippen LogP contribution is -2.13. The number of hydrogen-bond acceptors (Lipinski definition) is 5. The Labute approximate surface area is 112 Å². The molecule has 1 aliphatic carbocycles. The highest BCUT2D eigenvalue weighted by atomic mass is 16.5. The molecular formula is C13H21N3O3. The Morgan fingerprint density at radius 3 is 2.84 bits per heavy atom. The van der Waals surface area contributed by atoms with Crippen molar-refractivity contribution in [2.75, 3.05) is 0 Å². The van der Waals surface area contributed by atoms with Gasteiger partial charge in [0.2, 0.25) is 5.89 Å². The predicted molar refractivity (Wildman–Crippen MR) is 68.4 cm³/mol. The molecule has 0 unspecified atom stereocenters. The molecule has 0 bridgehead atoms. The van der Waals surface area contributed by atoms with E-state index in [4.69, 9.17) is 15.4 Å². The van der Waals surface area contributed by atoms with E-state index in [1.165, 1.54) is 32.1 Å². The Bertz CT molecular complexity index is 413. The SMILES string of the molecule is N[C@@H](CCC(=O)O)c1nc(CC2CCCCC2)no1. The van der Waals surface area contributed by atoms with E-state index < -0.39 is 12.0 Å². The first-order valence-corrected chi connectivity index (χ1v) is 6.95. The fourth-order valence-corrected chi connectivity index (χ4v) is 2.55. The molecule has 6 heteroatoms. The summed E-state index contributed by atoms with van der Waals surface area (Å²) in [6, 6.07) is -0.483. The third-order valence-corrected chi connectivity index (χ3v) is 3.67. The van der Waals surface area contributed by atoms with Crippen LogP contribution < -0.4 is 5.73 Å². The third kappa shape index (κ3) is 4.31. The zero-order valence-corrected chi connectivity index (χ0v) is 11.0. The zero-order chi connectivity index (χ0) is 13.7. The molecule has 1 aromatic rings. The highest BCUT2D eigenvalue weighted by Gasteiger charge is 2.19. The number of aliphatic carboxylic acids is 1. The van der Waals surface area contributed by atoms with Gasteiger partial charge in [-0.05, 0) is 12.3 Å². The molecule has 106 valence electrons. The number of nitrogens with zero attached hydrogens (tertiary/aromatic N) is 2. The number of rotatable bonds is 6. The molecule has 1 aromatic heterocycles. The van der Waals surface area contributed by atoms with E-state index >= 15 is 0 Å². The largest absolute Gasteiger partial charge is 0.481 e. The molecule has 0 amide bonds. The minimum Gasteiger partial charge on any atom is -0.481 e. The van der Waals surface area contributed by atoms with Gasteiger partial charge in [-0.25, -0.2) is 0 Å². The Hall–Kier alpha value is -1.43. The average Bonchev–Trinajstić information content (AvgIpc) is 2.85. The lowest BCUT2D eigenvalue weighted by Gasteiger charge is -2.19. The fraction of sp³-hybridized carbons (Fsp3) is 0.769. The predicted octanol–water partition coefficient (Wildman–Crippen LogP) is 2.06. The van der Waals surface area contributed by atoms with E-state index in [-0.39, 0.29) is 6.42 Å². The van der Waals surface area contributed by atoms with Crippen LogP contribution in [0.4, 0.5) is 0 Å². The summed E-state index contributed by atoms with van der Waals surface area (Å²) in [6.07, 6.45) is 7.54. The minimum atomic E-state index is -0.864. The van der Waals surface area contributed by atoms with Crippen LogP contribution >= 0.6 is 0 Å². The first-order chi connectivity index (χ1) is 9.15. The van der Waals surface area contributed by atoms with Gasteiger partial charge in [0.05, 0.1) is 6.04 Å². The first-order valence-electron chi connectivity index (χ1n) is 6.95. The molecule has 1 fully saturated rings. The van der Waals surface area contributed by atoms with Crippen LogP contribution in [0.1, 0.15) is 62.7 Å². The monoisotopic (exact) mass is 267 g/mol. The summed E-state index contributed by atoms with van der Waals surface area (Å²) in [6.45, 7) is 0. The molecule has 0 saturated heterocycles. The molecule has 1 saturated carbocycles. The summed E-state index contributed by atoms with van der Waals surface area (Å²) >= 11 is 0. The van der Waals surface area contributed by atoms with Crippen molar-refractivity contribution in [1.82, 2.24) is 10.1 Å². The van der Waals surface area contributed by atoms with E-state index in [2.05, 4.69) is 10.1 Å². The van der Waals surface area contributed by atoms with Gasteiger partial charge in [0.1, 0.15) is 0 Å². The molecule has 1 aliphatic rings. The van der Waals surface area contributed by atoms with Gasteiger partial charge in [-0.1, -0.05) is 37.3 Å². The second-order valence-corrected chi connectivity index (χ2v) is 5.30. The van der Waals surface area contributed by atoms with Crippen molar-refractivity contribution < 1.29 is 14.4 Å². The molecule has 0 spiro atoms. The molecule has 2 rings (SSSR count). The fourth-order valence-electron chi connectivity index (χ4n) is 2.55. The summed E-state index contributed by atoms with van der Waals surface area (Å²) in [5.74, 6) is 0.839. The maximum Gasteiger partial charge on any atom is 0.303 e. The summed E-state index contributed by atoms with van der Waals surface area (Å²) in [5, 5.41) is 12.6. The van der Waals surface area contributed by atoms with Gasteiger partial charge >= 0.3 is 5.97 Å². The van der Waals surface area contributed by atoms with Crippen molar-refractivity contribution in [3.8, 4) is 0 Å². The standard InChI is InChI=1S/C13H21N3O3/c14-10(6-7-12(17)18)13-15-11(16-19-13)8-9-4-2-1-3-5-9/h9-10H,1-8,14H2,(H,17,18)/t10-/m0/s1. The minimum absolute atomic E-state index is 0.0154. The van der Waals surface area contributed by atoms with Gasteiger partial charge in [-0.15, -0.1) is 0 Å². The quantitative estimate of drug-likeness (QED) is 0.817. The average molecular weight is 267 g/mol. The Morgan fingerprint density at radius 2 is 2.16 bits per heavy atom. The van der Waals surface area contributed by atoms with E-state index in [1.54, 1.807) is 0 Å². The molecular weight excluding hydrogens is 246 g/mol. The Kier molecular flexibility index (Phi) is 4.90. The Balaban J connectivity index is 1.85. The van der Waals surface area contributed by atoms with Gasteiger partial charge < -0.3 is 15.4 Å². The molecule has 1 heterocycles. The maximum absolute atomic E-state index is 10.5. The summed E-state index contributed by atoms with van der Waals surface area (Å²) in [4.78, 5) is 14.8. The van der Waals surface area contributed by atoms with E-state index in [0.29, 0.717) is 24.1 Å². The van der Waals surface area contributed by atoms with Crippen molar-refractivity contribution in [1.29, 1.82) is 0 Å². The van der Waals surface area contributed by atoms with Gasteiger partial charge in [0, 0.05) is 12.8 Å². The summed E-state index contributed by atoms with van der Waals surface area (Å²) in [5.41, 5.74) is 5.83. The lowest BCUT2D eigenvalue weighted by molar-refractivity contribution is -0.137. The highest BCUT2D eigenvalue weighted by Crippen LogP contribution is 2.26. The molecule has 0 radical (unpaired) electrons. The van der Waals surface area contributed by atoms with Crippen LogP contribution in [0, 0.1) is 5.92 Å². The topological polar surface area (TPSA) is 102 Å². The summed E-state index contributed by atoms with van der Waals surface area (Å²) in [7, 11) is 0. The highest BCUT2D eigenvalue weighted by molar-refractivity contribution is 5.66. The van der Waals surface area contributed by atoms with Gasteiger partial charge in [-0.2, -0.15) is 4.98 Å². The zero-order valence-electron chi connectivity index (χ0n) is 11.0. The van der Waals surface area contributed by atoms with Crippen LogP contribution in [0.15, 0.2) is 4.52 Å². The van der Waals surface area contributed by atoms with E-state index in [0.717, 1.165) is 6.42 Å². The van der Waals surface area contributed by atoms with Crippen molar-refractivity contribution in [3.63, 3.8) is 0 Å². The number of carboxylic acids is 1. The first kappa shape index (κ1) is 14.0. The van der Waals surface area contributed by atoms with Crippen LogP contribution in [0.25, 0.3) is 0 Å². The molecule has 3 N–H and O–H groups in total. The van der Waals surface area contributed by atoms with Gasteiger partial charge in [0.15, 0.2) is 5.82 Å². The smallest absolute Gasteiger partial charge is 0.303 e. The molecule has 6 nitrogen and oxygen atoms in total. The number of carboxylic acid groups (broad SMARTS) is 1. The lowest BCUT2D eigenvalue weighted by atomic mass is 9.87. The van der Waals surface area contributed by atoms with E-state index in [9.17, 15) is 4.79 Å². The van der Waals surface area contributed by atoms with Crippen molar-refractivity contribution >= 4 is 5.97 Å². The van der Waals surface area contributed by atoms with Crippen LogP contribution in [0.2, 0.25) is 0 Å². The van der Waals surface area contributed by atoms with Crippen molar-refractivity contribution in [3.05, 3.63) is 11.7 Å². The third-order valence-electron chi connectivity index (χ3n) is 3.67. The second kappa shape index (κ2) is 6.65. The number of hydrogen-bond donors (Lipinski definition) is 2. The maximum atomic E-state index is 10.5. The molecule has 0 aliphatic heterocycles. The summed E-state index contributed by atoms with van der Waals surface area (Å²) < 4.78 is 5.12. The molecule has 1 atom stereocenters. The normalized spacial score (nSPS) is 18.4. The van der Waals surface area contributed by atoms with Crippen LogP contribution in [-0.4, -0.2) is 21.2 Å². The Morgan fingerprint density at radius 1 is 1.42 bits per heavy atom. The van der Waals surface area contributed by atoms with Gasteiger partial charge in [0.25, 0.3) is 0 Å². The van der Waals surface area contributed by atoms with Crippen LogP contribution in [0.5, 0.6) is 0 Å².